The molecule has 3 heteroatoms. The predicted octanol–water partition coefficient (Wildman–Crippen LogP) is 0.0392. The number of carbonyl (C=O) groups is 1. The van der Waals surface area contributed by atoms with Crippen molar-refractivity contribution in [3.8, 4) is 0 Å². The Morgan fingerprint density at radius 3 is 2.78 bits per heavy atom. The lowest BCUT2D eigenvalue weighted by Crippen LogP contribution is -2.17. The fraction of sp³-hybridized carbons (Fsp3) is 0.833. The summed E-state index contributed by atoms with van der Waals surface area (Å²) in [5.74, 6) is 0. The van der Waals surface area contributed by atoms with Gasteiger partial charge < -0.3 is 10.5 Å². The SMILES string of the molecule is N[C@H]1CC[C@@H](OC=O)C1. The van der Waals surface area contributed by atoms with Crippen LogP contribution < -0.4 is 5.73 Å². The molecule has 2 N–H and O–H groups in total. The molecule has 1 rings (SSSR count). The molecule has 9 heavy (non-hydrogen) atoms. The second-order valence-corrected chi connectivity index (χ2v) is 2.43. The van der Waals surface area contributed by atoms with E-state index in [4.69, 9.17) is 10.5 Å². The Morgan fingerprint density at radius 1 is 1.56 bits per heavy atom. The first kappa shape index (κ1) is 6.55. The average molecular weight is 129 g/mol. The van der Waals surface area contributed by atoms with Gasteiger partial charge in [0.25, 0.3) is 6.47 Å². The molecule has 0 unspecified atom stereocenters. The first-order valence-electron chi connectivity index (χ1n) is 3.17. The van der Waals surface area contributed by atoms with Crippen LogP contribution in [0.5, 0.6) is 0 Å². The molecule has 1 aliphatic rings. The van der Waals surface area contributed by atoms with Crippen LogP contribution in [-0.2, 0) is 9.53 Å². The van der Waals surface area contributed by atoms with Crippen LogP contribution in [0, 0.1) is 0 Å². The summed E-state index contributed by atoms with van der Waals surface area (Å²) in [6, 6.07) is 0.245. The minimum absolute atomic E-state index is 0.0949. The lowest BCUT2D eigenvalue weighted by molar-refractivity contribution is -0.133. The average Bonchev–Trinajstić information content (AvgIpc) is 2.17. The van der Waals surface area contributed by atoms with E-state index in [1.54, 1.807) is 0 Å². The van der Waals surface area contributed by atoms with Crippen molar-refractivity contribution in [2.75, 3.05) is 0 Å². The quantitative estimate of drug-likeness (QED) is 0.535. The standard InChI is InChI=1S/C6H11NO2/c7-5-1-2-6(3-5)9-4-8/h4-6H,1-3,7H2/t5-,6+/m0/s1. The summed E-state index contributed by atoms with van der Waals surface area (Å²) >= 11 is 0. The maximum absolute atomic E-state index is 9.80. The number of hydrogen-bond donors (Lipinski definition) is 1. The first-order valence-corrected chi connectivity index (χ1v) is 3.17. The van der Waals surface area contributed by atoms with Gasteiger partial charge in [0.2, 0.25) is 0 Å². The molecule has 0 aromatic heterocycles. The Balaban J connectivity index is 2.21. The van der Waals surface area contributed by atoms with Crippen molar-refractivity contribution in [2.24, 2.45) is 5.73 Å². The molecule has 0 aliphatic heterocycles. The summed E-state index contributed by atoms with van der Waals surface area (Å²) in [5, 5.41) is 0. The fourth-order valence-electron chi connectivity index (χ4n) is 1.18. The summed E-state index contributed by atoms with van der Waals surface area (Å²) in [6.07, 6.45) is 2.84. The van der Waals surface area contributed by atoms with Crippen LogP contribution in [0.25, 0.3) is 0 Å². The number of nitrogens with two attached hydrogens (primary N) is 1. The zero-order chi connectivity index (χ0) is 6.69. The summed E-state index contributed by atoms with van der Waals surface area (Å²) < 4.78 is 4.71. The highest BCUT2D eigenvalue weighted by Crippen LogP contribution is 2.19. The van der Waals surface area contributed by atoms with Crippen LogP contribution in [0.1, 0.15) is 19.3 Å². The zero-order valence-electron chi connectivity index (χ0n) is 5.25. The molecule has 0 heterocycles. The fourth-order valence-corrected chi connectivity index (χ4v) is 1.18. The van der Waals surface area contributed by atoms with E-state index >= 15 is 0 Å². The number of carbonyl (C=O) groups excluding carboxylic acids is 1. The van der Waals surface area contributed by atoms with Crippen LogP contribution in [0.4, 0.5) is 0 Å². The van der Waals surface area contributed by atoms with Gasteiger partial charge in [-0.05, 0) is 19.3 Å². The molecule has 0 spiro atoms. The molecule has 0 saturated heterocycles. The summed E-state index contributed by atoms with van der Waals surface area (Å²) in [6.45, 7) is 0.503. The minimum atomic E-state index is 0.0949. The Labute approximate surface area is 54.2 Å². The van der Waals surface area contributed by atoms with E-state index in [0.29, 0.717) is 6.47 Å². The molecule has 0 aromatic rings. The highest BCUT2D eigenvalue weighted by atomic mass is 16.5. The molecule has 0 bridgehead atoms. The van der Waals surface area contributed by atoms with Gasteiger partial charge in [0.15, 0.2) is 0 Å². The normalized spacial score (nSPS) is 34.3. The monoisotopic (exact) mass is 129 g/mol. The smallest absolute Gasteiger partial charge is 0.293 e. The molecule has 0 aromatic carbocycles. The molecule has 3 nitrogen and oxygen atoms in total. The third-order valence-electron chi connectivity index (χ3n) is 1.67. The van der Waals surface area contributed by atoms with Crippen molar-refractivity contribution in [1.29, 1.82) is 0 Å². The molecule has 1 fully saturated rings. The molecule has 0 amide bonds. The Hall–Kier alpha value is -0.570. The van der Waals surface area contributed by atoms with Crippen molar-refractivity contribution >= 4 is 6.47 Å². The summed E-state index contributed by atoms with van der Waals surface area (Å²) in [4.78, 5) is 9.80. The maximum atomic E-state index is 9.80. The minimum Gasteiger partial charge on any atom is -0.465 e. The van der Waals surface area contributed by atoms with Crippen LogP contribution in [0.2, 0.25) is 0 Å². The van der Waals surface area contributed by atoms with Gasteiger partial charge in [-0.1, -0.05) is 0 Å². The van der Waals surface area contributed by atoms with Gasteiger partial charge in [-0.25, -0.2) is 0 Å². The number of hydrogen-bond acceptors (Lipinski definition) is 3. The lowest BCUT2D eigenvalue weighted by Gasteiger charge is -2.04. The van der Waals surface area contributed by atoms with Crippen molar-refractivity contribution in [1.82, 2.24) is 0 Å². The third-order valence-corrected chi connectivity index (χ3v) is 1.67. The van der Waals surface area contributed by atoms with Gasteiger partial charge in [0.05, 0.1) is 0 Å². The predicted molar refractivity (Wildman–Crippen MR) is 32.8 cm³/mol. The number of rotatable bonds is 2. The molecule has 1 aliphatic carbocycles. The second kappa shape index (κ2) is 2.82. The van der Waals surface area contributed by atoms with Gasteiger partial charge in [0, 0.05) is 6.04 Å². The molecule has 0 radical (unpaired) electrons. The van der Waals surface area contributed by atoms with E-state index in [1.165, 1.54) is 0 Å². The molecular formula is C6H11NO2. The number of ether oxygens (including phenoxy) is 1. The molecule has 1 saturated carbocycles. The zero-order valence-corrected chi connectivity index (χ0v) is 5.25. The Morgan fingerprint density at radius 2 is 2.33 bits per heavy atom. The van der Waals surface area contributed by atoms with Crippen LogP contribution in [0.15, 0.2) is 0 Å². The van der Waals surface area contributed by atoms with Gasteiger partial charge in [-0.15, -0.1) is 0 Å². The lowest BCUT2D eigenvalue weighted by atomic mass is 10.3. The van der Waals surface area contributed by atoms with Crippen LogP contribution in [0.3, 0.4) is 0 Å². The summed E-state index contributed by atoms with van der Waals surface area (Å²) in [7, 11) is 0. The highest BCUT2D eigenvalue weighted by Gasteiger charge is 2.22. The molecule has 2 atom stereocenters. The topological polar surface area (TPSA) is 52.3 Å². The van der Waals surface area contributed by atoms with Gasteiger partial charge in [0.1, 0.15) is 6.10 Å². The molecule has 52 valence electrons. The largest absolute Gasteiger partial charge is 0.465 e. The van der Waals surface area contributed by atoms with Gasteiger partial charge in [-0.2, -0.15) is 0 Å². The van der Waals surface area contributed by atoms with E-state index < -0.39 is 0 Å². The second-order valence-electron chi connectivity index (χ2n) is 2.43. The maximum Gasteiger partial charge on any atom is 0.293 e. The van der Waals surface area contributed by atoms with Crippen molar-refractivity contribution in [3.05, 3.63) is 0 Å². The van der Waals surface area contributed by atoms with Crippen molar-refractivity contribution in [3.63, 3.8) is 0 Å². The first-order chi connectivity index (χ1) is 4.33. The van der Waals surface area contributed by atoms with Crippen LogP contribution >= 0.6 is 0 Å². The molecular weight excluding hydrogens is 118 g/mol. The van der Waals surface area contributed by atoms with E-state index in [2.05, 4.69) is 0 Å². The van der Waals surface area contributed by atoms with E-state index in [1.807, 2.05) is 0 Å². The summed E-state index contributed by atoms with van der Waals surface area (Å²) in [5.41, 5.74) is 5.56. The Bertz CT molecular complexity index is 105. The van der Waals surface area contributed by atoms with E-state index in [9.17, 15) is 4.79 Å². The highest BCUT2D eigenvalue weighted by molar-refractivity contribution is 5.37. The van der Waals surface area contributed by atoms with Crippen molar-refractivity contribution < 1.29 is 9.53 Å². The van der Waals surface area contributed by atoms with Crippen LogP contribution in [-0.4, -0.2) is 18.6 Å². The van der Waals surface area contributed by atoms with Crippen molar-refractivity contribution in [2.45, 2.75) is 31.4 Å². The third kappa shape index (κ3) is 1.68. The van der Waals surface area contributed by atoms with Gasteiger partial charge >= 0.3 is 0 Å². The van der Waals surface area contributed by atoms with Gasteiger partial charge in [-0.3, -0.25) is 4.79 Å². The Kier molecular flexibility index (Phi) is 2.05. The van der Waals surface area contributed by atoms with E-state index in [0.717, 1.165) is 19.3 Å². The van der Waals surface area contributed by atoms with E-state index in [-0.39, 0.29) is 12.1 Å².